The molecule has 2 N–H and O–H groups in total. The number of methoxy groups -OCH3 is 1. The number of H-pyrrole nitrogens is 1. The maximum Gasteiger partial charge on any atom is 0.242 e. The summed E-state index contributed by atoms with van der Waals surface area (Å²) >= 11 is 0. The van der Waals surface area contributed by atoms with Gasteiger partial charge in [0.1, 0.15) is 10.6 Å². The van der Waals surface area contributed by atoms with Crippen LogP contribution in [0.3, 0.4) is 0 Å². The van der Waals surface area contributed by atoms with Crippen LogP contribution in [-0.2, 0) is 10.0 Å². The molecule has 0 radical (unpaired) electrons. The summed E-state index contributed by atoms with van der Waals surface area (Å²) < 4.78 is 33.9. The third kappa shape index (κ3) is 4.46. The molecule has 0 saturated carbocycles. The molecule has 172 valence electrons. The average Bonchev–Trinajstić information content (AvgIpc) is 3.27. The van der Waals surface area contributed by atoms with Crippen LogP contribution in [0, 0.1) is 0 Å². The molecule has 4 aromatic rings. The van der Waals surface area contributed by atoms with Crippen LogP contribution in [0.2, 0.25) is 0 Å². The lowest BCUT2D eigenvalue weighted by atomic mass is 9.89. The molecule has 5 rings (SSSR count). The molecule has 8 heteroatoms. The van der Waals surface area contributed by atoms with E-state index in [2.05, 4.69) is 37.9 Å². The van der Waals surface area contributed by atoms with Gasteiger partial charge in [0, 0.05) is 41.8 Å². The zero-order chi connectivity index (χ0) is 22.8. The summed E-state index contributed by atoms with van der Waals surface area (Å²) in [6, 6.07) is 15.0. The largest absolute Gasteiger partial charge is 0.497 e. The molecule has 1 saturated heterocycles. The summed E-state index contributed by atoms with van der Waals surface area (Å²) in [5, 5.41) is 2.04. The van der Waals surface area contributed by atoms with Gasteiger partial charge in [0.15, 0.2) is 0 Å². The van der Waals surface area contributed by atoms with Crippen LogP contribution in [-0.4, -0.2) is 56.6 Å². The third-order valence-corrected chi connectivity index (χ3v) is 8.05. The Morgan fingerprint density at radius 1 is 1.15 bits per heavy atom. The van der Waals surface area contributed by atoms with E-state index in [1.807, 2.05) is 24.3 Å². The SMILES string of the molecule is COc1ccc2[nH]cc(C3CCN(CCNS(=O)(=O)c4cccc5cccnc45)CC3)c2c1. The summed E-state index contributed by atoms with van der Waals surface area (Å²) in [4.78, 5) is 10.2. The van der Waals surface area contributed by atoms with Crippen LogP contribution in [0.4, 0.5) is 0 Å². The third-order valence-electron chi connectivity index (χ3n) is 6.55. The molecule has 7 nitrogen and oxygen atoms in total. The molecular formula is C25H28N4O3S. The van der Waals surface area contributed by atoms with Crippen molar-refractivity contribution in [2.45, 2.75) is 23.7 Å². The Hall–Kier alpha value is -2.94. The highest BCUT2D eigenvalue weighted by molar-refractivity contribution is 7.89. The lowest BCUT2D eigenvalue weighted by Crippen LogP contribution is -2.39. The number of likely N-dealkylation sites (tertiary alicyclic amines) is 1. The van der Waals surface area contributed by atoms with Gasteiger partial charge in [-0.3, -0.25) is 4.98 Å². The topological polar surface area (TPSA) is 87.3 Å². The molecule has 1 fully saturated rings. The number of nitrogens with one attached hydrogen (secondary N) is 2. The van der Waals surface area contributed by atoms with Crippen LogP contribution < -0.4 is 9.46 Å². The van der Waals surface area contributed by atoms with Gasteiger partial charge in [-0.2, -0.15) is 0 Å². The van der Waals surface area contributed by atoms with Crippen molar-refractivity contribution in [3.63, 3.8) is 0 Å². The first kappa shape index (κ1) is 21.9. The quantitative estimate of drug-likeness (QED) is 0.433. The van der Waals surface area contributed by atoms with Crippen molar-refractivity contribution in [2.24, 2.45) is 0 Å². The van der Waals surface area contributed by atoms with Crippen LogP contribution in [0.25, 0.3) is 21.8 Å². The van der Waals surface area contributed by atoms with Crippen molar-refractivity contribution in [3.8, 4) is 5.75 Å². The number of aromatic amines is 1. The molecule has 0 atom stereocenters. The van der Waals surface area contributed by atoms with Crippen molar-refractivity contribution in [1.82, 2.24) is 19.6 Å². The minimum atomic E-state index is -3.62. The molecular weight excluding hydrogens is 436 g/mol. The number of para-hydroxylation sites is 1. The van der Waals surface area contributed by atoms with Crippen molar-refractivity contribution in [1.29, 1.82) is 0 Å². The number of benzene rings is 2. The molecule has 0 bridgehead atoms. The van der Waals surface area contributed by atoms with E-state index in [1.54, 1.807) is 25.4 Å². The zero-order valence-corrected chi connectivity index (χ0v) is 19.4. The molecule has 1 aliphatic rings. The normalized spacial score (nSPS) is 15.9. The molecule has 0 unspecified atom stereocenters. The number of hydrogen-bond donors (Lipinski definition) is 2. The first-order valence-electron chi connectivity index (χ1n) is 11.3. The van der Waals surface area contributed by atoms with E-state index in [0.717, 1.165) is 42.6 Å². The Labute approximate surface area is 193 Å². The number of hydrogen-bond acceptors (Lipinski definition) is 5. The zero-order valence-electron chi connectivity index (χ0n) is 18.6. The van der Waals surface area contributed by atoms with E-state index in [4.69, 9.17) is 4.74 Å². The Balaban J connectivity index is 1.18. The number of rotatable bonds is 7. The Morgan fingerprint density at radius 2 is 1.97 bits per heavy atom. The summed E-state index contributed by atoms with van der Waals surface area (Å²) in [6.07, 6.45) is 5.83. The Bertz CT molecular complexity index is 1370. The summed E-state index contributed by atoms with van der Waals surface area (Å²) in [5.41, 5.74) is 2.97. The number of piperidine rings is 1. The molecule has 3 heterocycles. The lowest BCUT2D eigenvalue weighted by Gasteiger charge is -2.32. The Morgan fingerprint density at radius 3 is 2.79 bits per heavy atom. The van der Waals surface area contributed by atoms with Crippen molar-refractivity contribution >= 4 is 31.8 Å². The van der Waals surface area contributed by atoms with Gasteiger partial charge in [0.05, 0.1) is 12.6 Å². The standard InChI is InChI=1S/C25H28N4O3S/c1-32-20-7-8-23-21(16-20)22(17-27-23)18-9-13-29(14-10-18)15-12-28-33(30,31)24-6-2-4-19-5-3-11-26-25(19)24/h2-8,11,16-18,27-28H,9-10,12-15H2,1H3. The smallest absolute Gasteiger partial charge is 0.242 e. The number of aromatic nitrogens is 2. The van der Waals surface area contributed by atoms with E-state index in [1.165, 1.54) is 10.9 Å². The van der Waals surface area contributed by atoms with Crippen LogP contribution >= 0.6 is 0 Å². The molecule has 1 aliphatic heterocycles. The highest BCUT2D eigenvalue weighted by Crippen LogP contribution is 2.34. The highest BCUT2D eigenvalue weighted by atomic mass is 32.2. The van der Waals surface area contributed by atoms with Gasteiger partial charge in [0.2, 0.25) is 10.0 Å². The van der Waals surface area contributed by atoms with Crippen molar-refractivity contribution in [3.05, 3.63) is 66.5 Å². The number of pyridine rings is 1. The molecule has 0 amide bonds. The van der Waals surface area contributed by atoms with Crippen LogP contribution in [0.15, 0.2) is 65.8 Å². The van der Waals surface area contributed by atoms with Crippen molar-refractivity contribution in [2.75, 3.05) is 33.3 Å². The maximum atomic E-state index is 12.9. The number of fused-ring (bicyclic) bond motifs is 2. The van der Waals surface area contributed by atoms with E-state index >= 15 is 0 Å². The second kappa shape index (κ2) is 9.13. The number of ether oxygens (including phenoxy) is 1. The predicted molar refractivity (Wildman–Crippen MR) is 130 cm³/mol. The van der Waals surface area contributed by atoms with Crippen LogP contribution in [0.5, 0.6) is 5.75 Å². The fourth-order valence-electron chi connectivity index (χ4n) is 4.76. The summed E-state index contributed by atoms with van der Waals surface area (Å²) in [7, 11) is -1.93. The number of sulfonamides is 1. The number of nitrogens with zero attached hydrogens (tertiary/aromatic N) is 2. The van der Waals surface area contributed by atoms with Gasteiger partial charge in [-0.1, -0.05) is 18.2 Å². The van der Waals surface area contributed by atoms with Gasteiger partial charge in [-0.25, -0.2) is 13.1 Å². The van der Waals surface area contributed by atoms with Gasteiger partial charge in [-0.15, -0.1) is 0 Å². The van der Waals surface area contributed by atoms with E-state index < -0.39 is 10.0 Å². The minimum absolute atomic E-state index is 0.231. The summed E-state index contributed by atoms with van der Waals surface area (Å²) in [6.45, 7) is 2.95. The van der Waals surface area contributed by atoms with Crippen molar-refractivity contribution < 1.29 is 13.2 Å². The molecule has 2 aromatic carbocycles. The first-order valence-corrected chi connectivity index (χ1v) is 12.7. The first-order chi connectivity index (χ1) is 16.0. The molecule has 0 aliphatic carbocycles. The molecule has 0 spiro atoms. The second-order valence-corrected chi connectivity index (χ2v) is 10.2. The fourth-order valence-corrected chi connectivity index (χ4v) is 5.96. The molecule has 2 aromatic heterocycles. The monoisotopic (exact) mass is 464 g/mol. The molecule has 33 heavy (non-hydrogen) atoms. The lowest BCUT2D eigenvalue weighted by molar-refractivity contribution is 0.216. The highest BCUT2D eigenvalue weighted by Gasteiger charge is 2.24. The van der Waals surface area contributed by atoms with E-state index in [9.17, 15) is 8.42 Å². The van der Waals surface area contributed by atoms with Gasteiger partial charge in [0.25, 0.3) is 0 Å². The summed E-state index contributed by atoms with van der Waals surface area (Å²) in [5.74, 6) is 1.36. The maximum absolute atomic E-state index is 12.9. The van der Waals surface area contributed by atoms with E-state index in [0.29, 0.717) is 24.5 Å². The Kier molecular flexibility index (Phi) is 6.05. The van der Waals surface area contributed by atoms with Gasteiger partial charge < -0.3 is 14.6 Å². The second-order valence-electron chi connectivity index (χ2n) is 8.50. The fraction of sp³-hybridized carbons (Fsp3) is 0.320. The minimum Gasteiger partial charge on any atom is -0.497 e. The van der Waals surface area contributed by atoms with E-state index in [-0.39, 0.29) is 4.90 Å². The predicted octanol–water partition coefficient (Wildman–Crippen LogP) is 3.88. The van der Waals surface area contributed by atoms with Gasteiger partial charge >= 0.3 is 0 Å². The average molecular weight is 465 g/mol. The van der Waals surface area contributed by atoms with Gasteiger partial charge in [-0.05, 0) is 67.7 Å². The van der Waals surface area contributed by atoms with Crippen LogP contribution in [0.1, 0.15) is 24.3 Å².